The molecule has 0 spiro atoms. The maximum Gasteiger partial charge on any atom is 0.223 e. The van der Waals surface area contributed by atoms with Crippen molar-refractivity contribution in [2.24, 2.45) is 0 Å². The van der Waals surface area contributed by atoms with E-state index in [1.165, 1.54) is 23.8 Å². The highest BCUT2D eigenvalue weighted by molar-refractivity contribution is 7.13. The highest BCUT2D eigenvalue weighted by Gasteiger charge is 2.29. The third kappa shape index (κ3) is 4.11. The fourth-order valence-electron chi connectivity index (χ4n) is 3.26. The lowest BCUT2D eigenvalue weighted by atomic mass is 10.0. The molecule has 1 aromatic carbocycles. The van der Waals surface area contributed by atoms with Crippen LogP contribution in [0.1, 0.15) is 37.1 Å². The predicted octanol–water partition coefficient (Wildman–Crippen LogP) is 3.46. The van der Waals surface area contributed by atoms with Crippen LogP contribution in [-0.2, 0) is 11.3 Å². The zero-order valence-corrected chi connectivity index (χ0v) is 15.6. The van der Waals surface area contributed by atoms with Gasteiger partial charge in [-0.2, -0.15) is 0 Å². The smallest absolute Gasteiger partial charge is 0.223 e. The van der Waals surface area contributed by atoms with Crippen molar-refractivity contribution in [3.05, 3.63) is 34.8 Å². The Kier molecular flexibility index (Phi) is 5.55. The number of hydrogen-bond donors (Lipinski definition) is 1. The summed E-state index contributed by atoms with van der Waals surface area (Å²) in [4.78, 5) is 18.1. The standard InChI is InChI=1S/C18H23N3O3S/c1-12(22)19-18-20-13(11-25-18)10-21-8-4-5-16(21)15-7-6-14(23-2)9-17(15)24-3/h6-7,9,11,16H,4-5,8,10H2,1-3H3,(H,19,20,22). The van der Waals surface area contributed by atoms with Gasteiger partial charge in [0.25, 0.3) is 0 Å². The molecule has 6 nitrogen and oxygen atoms in total. The summed E-state index contributed by atoms with van der Waals surface area (Å²) < 4.78 is 10.9. The first kappa shape index (κ1) is 17.7. The summed E-state index contributed by atoms with van der Waals surface area (Å²) in [6.45, 7) is 3.27. The first-order valence-corrected chi connectivity index (χ1v) is 9.16. The maximum atomic E-state index is 11.1. The van der Waals surface area contributed by atoms with Gasteiger partial charge in [-0.25, -0.2) is 4.98 Å². The summed E-state index contributed by atoms with van der Waals surface area (Å²) in [7, 11) is 3.35. The fraction of sp³-hybridized carbons (Fsp3) is 0.444. The first-order chi connectivity index (χ1) is 12.1. The van der Waals surface area contributed by atoms with Crippen LogP contribution in [0.5, 0.6) is 11.5 Å². The molecule has 134 valence electrons. The van der Waals surface area contributed by atoms with Crippen LogP contribution in [0, 0.1) is 0 Å². The van der Waals surface area contributed by atoms with Crippen LogP contribution in [0.3, 0.4) is 0 Å². The number of rotatable bonds is 6. The van der Waals surface area contributed by atoms with E-state index in [0.717, 1.165) is 43.1 Å². The van der Waals surface area contributed by atoms with Gasteiger partial charge in [0, 0.05) is 36.5 Å². The van der Waals surface area contributed by atoms with Gasteiger partial charge in [0.05, 0.1) is 19.9 Å². The van der Waals surface area contributed by atoms with Crippen molar-refractivity contribution in [3.8, 4) is 11.5 Å². The van der Waals surface area contributed by atoms with Gasteiger partial charge in [0.1, 0.15) is 11.5 Å². The van der Waals surface area contributed by atoms with Crippen molar-refractivity contribution in [2.75, 3.05) is 26.1 Å². The molecule has 2 heterocycles. The minimum absolute atomic E-state index is 0.0945. The van der Waals surface area contributed by atoms with Crippen LogP contribution < -0.4 is 14.8 Å². The van der Waals surface area contributed by atoms with E-state index in [9.17, 15) is 4.79 Å². The zero-order valence-electron chi connectivity index (χ0n) is 14.7. The second-order valence-electron chi connectivity index (χ2n) is 6.06. The Morgan fingerprint density at radius 1 is 1.40 bits per heavy atom. The largest absolute Gasteiger partial charge is 0.497 e. The van der Waals surface area contributed by atoms with Crippen LogP contribution >= 0.6 is 11.3 Å². The molecule has 1 saturated heterocycles. The molecule has 1 fully saturated rings. The number of benzene rings is 1. The predicted molar refractivity (Wildman–Crippen MR) is 98.3 cm³/mol. The Balaban J connectivity index is 1.76. The third-order valence-corrected chi connectivity index (χ3v) is 5.17. The van der Waals surface area contributed by atoms with E-state index in [1.807, 2.05) is 17.5 Å². The monoisotopic (exact) mass is 361 g/mol. The second-order valence-corrected chi connectivity index (χ2v) is 6.92. The Labute approximate surface area is 151 Å². The van der Waals surface area contributed by atoms with Crippen LogP contribution in [-0.4, -0.2) is 36.6 Å². The molecular weight excluding hydrogens is 338 g/mol. The van der Waals surface area contributed by atoms with Crippen LogP contribution in [0.15, 0.2) is 23.6 Å². The number of aromatic nitrogens is 1. The lowest BCUT2D eigenvalue weighted by molar-refractivity contribution is -0.114. The number of anilines is 1. The summed E-state index contributed by atoms with van der Waals surface area (Å²) in [6.07, 6.45) is 2.23. The third-order valence-electron chi connectivity index (χ3n) is 4.36. The number of amides is 1. The van der Waals surface area contributed by atoms with E-state index in [0.29, 0.717) is 11.2 Å². The normalized spacial score (nSPS) is 17.5. The molecule has 1 amide bonds. The fourth-order valence-corrected chi connectivity index (χ4v) is 4.00. The summed E-state index contributed by atoms with van der Waals surface area (Å²) in [6, 6.07) is 6.30. The number of carbonyl (C=O) groups excluding carboxylic acids is 1. The molecule has 1 unspecified atom stereocenters. The molecule has 2 aromatic rings. The molecule has 1 atom stereocenters. The van der Waals surface area contributed by atoms with Gasteiger partial charge >= 0.3 is 0 Å². The van der Waals surface area contributed by atoms with Gasteiger partial charge in [-0.3, -0.25) is 9.69 Å². The van der Waals surface area contributed by atoms with E-state index in [1.54, 1.807) is 14.2 Å². The number of methoxy groups -OCH3 is 2. The van der Waals surface area contributed by atoms with Gasteiger partial charge < -0.3 is 14.8 Å². The van der Waals surface area contributed by atoms with Gasteiger partial charge in [0.2, 0.25) is 5.91 Å². The molecule has 1 aliphatic heterocycles. The second kappa shape index (κ2) is 7.84. The van der Waals surface area contributed by atoms with Crippen LogP contribution in [0.4, 0.5) is 5.13 Å². The van der Waals surface area contributed by atoms with Crippen molar-refractivity contribution < 1.29 is 14.3 Å². The molecule has 0 saturated carbocycles. The lowest BCUT2D eigenvalue weighted by Gasteiger charge is -2.25. The van der Waals surface area contributed by atoms with Gasteiger partial charge in [-0.1, -0.05) is 6.07 Å². The molecule has 0 aliphatic carbocycles. The summed E-state index contributed by atoms with van der Waals surface area (Å²) >= 11 is 1.46. The van der Waals surface area contributed by atoms with Gasteiger partial charge in [-0.05, 0) is 25.5 Å². The number of nitrogens with one attached hydrogen (secondary N) is 1. The topological polar surface area (TPSA) is 63.7 Å². The van der Waals surface area contributed by atoms with Gasteiger partial charge in [-0.15, -0.1) is 11.3 Å². The molecule has 1 N–H and O–H groups in total. The minimum atomic E-state index is -0.0945. The highest BCUT2D eigenvalue weighted by atomic mass is 32.1. The Bertz CT molecular complexity index is 747. The average Bonchev–Trinajstić information content (AvgIpc) is 3.23. The quantitative estimate of drug-likeness (QED) is 0.854. The minimum Gasteiger partial charge on any atom is -0.497 e. The van der Waals surface area contributed by atoms with Crippen LogP contribution in [0.2, 0.25) is 0 Å². The molecule has 25 heavy (non-hydrogen) atoms. The molecule has 1 aliphatic rings. The van der Waals surface area contributed by atoms with E-state index in [-0.39, 0.29) is 5.91 Å². The van der Waals surface area contributed by atoms with Crippen molar-refractivity contribution in [1.82, 2.24) is 9.88 Å². The Hall–Kier alpha value is -2.12. The number of hydrogen-bond acceptors (Lipinski definition) is 6. The molecule has 0 bridgehead atoms. The zero-order chi connectivity index (χ0) is 17.8. The molecule has 3 rings (SSSR count). The van der Waals surface area contributed by atoms with Crippen molar-refractivity contribution in [2.45, 2.75) is 32.4 Å². The Morgan fingerprint density at radius 3 is 2.96 bits per heavy atom. The van der Waals surface area contributed by atoms with E-state index < -0.39 is 0 Å². The van der Waals surface area contributed by atoms with E-state index in [2.05, 4.69) is 21.3 Å². The lowest BCUT2D eigenvalue weighted by Crippen LogP contribution is -2.23. The van der Waals surface area contributed by atoms with Crippen molar-refractivity contribution >= 4 is 22.4 Å². The molecule has 7 heteroatoms. The first-order valence-electron chi connectivity index (χ1n) is 8.28. The average molecular weight is 361 g/mol. The molecular formula is C18H23N3O3S. The van der Waals surface area contributed by atoms with Crippen molar-refractivity contribution in [3.63, 3.8) is 0 Å². The summed E-state index contributed by atoms with van der Waals surface area (Å²) in [5.74, 6) is 1.56. The van der Waals surface area contributed by atoms with Gasteiger partial charge in [0.15, 0.2) is 5.13 Å². The number of likely N-dealkylation sites (tertiary alicyclic amines) is 1. The van der Waals surface area contributed by atoms with E-state index >= 15 is 0 Å². The summed E-state index contributed by atoms with van der Waals surface area (Å²) in [5.41, 5.74) is 2.16. The molecule has 1 aromatic heterocycles. The highest BCUT2D eigenvalue weighted by Crippen LogP contribution is 2.39. The number of nitrogens with zero attached hydrogens (tertiary/aromatic N) is 2. The van der Waals surface area contributed by atoms with Crippen LogP contribution in [0.25, 0.3) is 0 Å². The maximum absolute atomic E-state index is 11.1. The Morgan fingerprint density at radius 2 is 2.24 bits per heavy atom. The number of carbonyl (C=O) groups is 1. The number of thiazole rings is 1. The molecule has 0 radical (unpaired) electrons. The SMILES string of the molecule is COc1ccc(C2CCCN2Cc2csc(NC(C)=O)n2)c(OC)c1. The summed E-state index contributed by atoms with van der Waals surface area (Å²) in [5, 5.41) is 5.40. The number of ether oxygens (including phenoxy) is 2. The van der Waals surface area contributed by atoms with E-state index in [4.69, 9.17) is 9.47 Å². The van der Waals surface area contributed by atoms with Crippen molar-refractivity contribution in [1.29, 1.82) is 0 Å².